The highest BCUT2D eigenvalue weighted by Crippen LogP contribution is 2.32. The molecule has 0 spiro atoms. The molecular formula is C19H19F2N3O. The number of aromatic nitrogens is 1. The van der Waals surface area contributed by atoms with Gasteiger partial charge in [0.05, 0.1) is 12.2 Å². The molecule has 25 heavy (non-hydrogen) atoms. The van der Waals surface area contributed by atoms with Crippen LogP contribution in [0.4, 0.5) is 8.78 Å². The molecule has 2 heterocycles. The summed E-state index contributed by atoms with van der Waals surface area (Å²) in [4.78, 5) is 4.08. The SMILES string of the molecule is N#Cc1ccc(OCC[C@@H]2CCNC[C@@H]2c2ccc(F)c(F)c2)nc1. The van der Waals surface area contributed by atoms with Crippen LogP contribution in [-0.2, 0) is 0 Å². The molecule has 0 aliphatic carbocycles. The molecule has 1 N–H and O–H groups in total. The molecule has 1 aromatic heterocycles. The van der Waals surface area contributed by atoms with Gasteiger partial charge in [-0.2, -0.15) is 5.26 Å². The molecule has 2 atom stereocenters. The van der Waals surface area contributed by atoms with E-state index in [2.05, 4.69) is 10.3 Å². The van der Waals surface area contributed by atoms with E-state index in [4.69, 9.17) is 10.00 Å². The second-order valence-electron chi connectivity index (χ2n) is 6.17. The Bertz CT molecular complexity index is 758. The minimum absolute atomic E-state index is 0.126. The first-order valence-corrected chi connectivity index (χ1v) is 8.32. The van der Waals surface area contributed by atoms with Crippen molar-refractivity contribution < 1.29 is 13.5 Å². The highest BCUT2D eigenvalue weighted by Gasteiger charge is 2.27. The molecule has 0 amide bonds. The molecule has 2 aromatic rings. The highest BCUT2D eigenvalue weighted by molar-refractivity contribution is 5.28. The topological polar surface area (TPSA) is 57.9 Å². The van der Waals surface area contributed by atoms with E-state index in [0.717, 1.165) is 31.5 Å². The number of halogens is 2. The van der Waals surface area contributed by atoms with Crippen molar-refractivity contribution in [3.05, 3.63) is 59.3 Å². The summed E-state index contributed by atoms with van der Waals surface area (Å²) in [6, 6.07) is 9.49. The fraction of sp³-hybridized carbons (Fsp3) is 0.368. The molecule has 0 radical (unpaired) electrons. The molecule has 1 fully saturated rings. The summed E-state index contributed by atoms with van der Waals surface area (Å²) in [5.74, 6) is -0.692. The molecule has 1 aliphatic heterocycles. The number of benzene rings is 1. The minimum atomic E-state index is -0.820. The van der Waals surface area contributed by atoms with Crippen LogP contribution in [0.1, 0.15) is 29.9 Å². The average molecular weight is 343 g/mol. The Kier molecular flexibility index (Phi) is 5.56. The zero-order valence-electron chi connectivity index (χ0n) is 13.7. The van der Waals surface area contributed by atoms with E-state index in [0.29, 0.717) is 24.0 Å². The van der Waals surface area contributed by atoms with Gasteiger partial charge in [-0.1, -0.05) is 6.07 Å². The van der Waals surface area contributed by atoms with Gasteiger partial charge in [0, 0.05) is 18.8 Å². The Morgan fingerprint density at radius 1 is 1.24 bits per heavy atom. The second kappa shape index (κ2) is 8.04. The summed E-state index contributed by atoms with van der Waals surface area (Å²) < 4.78 is 32.4. The molecular weight excluding hydrogens is 324 g/mol. The van der Waals surface area contributed by atoms with E-state index in [1.807, 2.05) is 6.07 Å². The first-order valence-electron chi connectivity index (χ1n) is 8.32. The van der Waals surface area contributed by atoms with Gasteiger partial charge >= 0.3 is 0 Å². The van der Waals surface area contributed by atoms with Crippen LogP contribution in [-0.4, -0.2) is 24.7 Å². The van der Waals surface area contributed by atoms with Crippen molar-refractivity contribution in [1.82, 2.24) is 10.3 Å². The highest BCUT2D eigenvalue weighted by atomic mass is 19.2. The maximum atomic E-state index is 13.5. The van der Waals surface area contributed by atoms with Crippen molar-refractivity contribution in [2.75, 3.05) is 19.7 Å². The molecule has 3 rings (SSSR count). The number of nitrogens with zero attached hydrogens (tertiary/aromatic N) is 2. The molecule has 4 nitrogen and oxygen atoms in total. The van der Waals surface area contributed by atoms with E-state index in [1.165, 1.54) is 18.3 Å². The number of hydrogen-bond acceptors (Lipinski definition) is 4. The molecule has 6 heteroatoms. The fourth-order valence-corrected chi connectivity index (χ4v) is 3.24. The third-order valence-electron chi connectivity index (χ3n) is 4.60. The number of nitriles is 1. The number of nitrogens with one attached hydrogen (secondary N) is 1. The number of rotatable bonds is 5. The number of ether oxygens (including phenoxy) is 1. The molecule has 0 unspecified atom stereocenters. The normalized spacial score (nSPS) is 20.0. The number of pyridine rings is 1. The zero-order chi connectivity index (χ0) is 17.6. The summed E-state index contributed by atoms with van der Waals surface area (Å²) in [6.45, 7) is 2.13. The van der Waals surface area contributed by atoms with Gasteiger partial charge in [0.2, 0.25) is 5.88 Å². The van der Waals surface area contributed by atoms with Crippen LogP contribution in [0.15, 0.2) is 36.5 Å². The van der Waals surface area contributed by atoms with Gasteiger partial charge in [0.1, 0.15) is 6.07 Å². The van der Waals surface area contributed by atoms with Crippen molar-refractivity contribution >= 4 is 0 Å². The van der Waals surface area contributed by atoms with Crippen molar-refractivity contribution in [2.24, 2.45) is 5.92 Å². The van der Waals surface area contributed by atoms with Gasteiger partial charge in [0.15, 0.2) is 11.6 Å². The van der Waals surface area contributed by atoms with Gasteiger partial charge < -0.3 is 10.1 Å². The number of hydrogen-bond donors (Lipinski definition) is 1. The lowest BCUT2D eigenvalue weighted by atomic mass is 9.80. The van der Waals surface area contributed by atoms with E-state index in [9.17, 15) is 8.78 Å². The lowest BCUT2D eigenvalue weighted by Crippen LogP contribution is -2.35. The number of piperidine rings is 1. The van der Waals surface area contributed by atoms with E-state index < -0.39 is 11.6 Å². The lowest BCUT2D eigenvalue weighted by molar-refractivity contribution is 0.227. The maximum Gasteiger partial charge on any atom is 0.213 e. The summed E-state index contributed by atoms with van der Waals surface area (Å²) >= 11 is 0. The molecule has 1 aromatic carbocycles. The van der Waals surface area contributed by atoms with Crippen LogP contribution >= 0.6 is 0 Å². The molecule has 1 saturated heterocycles. The van der Waals surface area contributed by atoms with Crippen LogP contribution in [0, 0.1) is 28.9 Å². The first-order chi connectivity index (χ1) is 12.2. The van der Waals surface area contributed by atoms with Gasteiger partial charge in [-0.05, 0) is 55.0 Å². The van der Waals surface area contributed by atoms with Crippen LogP contribution in [0.2, 0.25) is 0 Å². The molecule has 130 valence electrons. The quantitative estimate of drug-likeness (QED) is 0.904. The smallest absolute Gasteiger partial charge is 0.213 e. The Morgan fingerprint density at radius 3 is 2.84 bits per heavy atom. The maximum absolute atomic E-state index is 13.5. The van der Waals surface area contributed by atoms with E-state index in [-0.39, 0.29) is 5.92 Å². The van der Waals surface area contributed by atoms with Gasteiger partial charge in [-0.25, -0.2) is 13.8 Å². The molecule has 1 aliphatic rings. The third-order valence-corrected chi connectivity index (χ3v) is 4.60. The zero-order valence-corrected chi connectivity index (χ0v) is 13.7. The summed E-state index contributed by atoms with van der Waals surface area (Å²) in [5.41, 5.74) is 1.30. The predicted molar refractivity (Wildman–Crippen MR) is 89.1 cm³/mol. The fourth-order valence-electron chi connectivity index (χ4n) is 3.24. The van der Waals surface area contributed by atoms with Crippen LogP contribution < -0.4 is 10.1 Å². The lowest BCUT2D eigenvalue weighted by Gasteiger charge is -2.32. The monoisotopic (exact) mass is 343 g/mol. The van der Waals surface area contributed by atoms with Crippen LogP contribution in [0.3, 0.4) is 0 Å². The van der Waals surface area contributed by atoms with E-state index in [1.54, 1.807) is 18.2 Å². The predicted octanol–water partition coefficient (Wildman–Crippen LogP) is 3.39. The van der Waals surface area contributed by atoms with Gasteiger partial charge in [-0.15, -0.1) is 0 Å². The Labute approximate surface area is 145 Å². The van der Waals surface area contributed by atoms with Crippen LogP contribution in [0.5, 0.6) is 5.88 Å². The summed E-state index contributed by atoms with van der Waals surface area (Å²) in [7, 11) is 0. The Morgan fingerprint density at radius 2 is 2.12 bits per heavy atom. The van der Waals surface area contributed by atoms with E-state index >= 15 is 0 Å². The van der Waals surface area contributed by atoms with Crippen molar-refractivity contribution in [3.63, 3.8) is 0 Å². The molecule has 0 saturated carbocycles. The minimum Gasteiger partial charge on any atom is -0.478 e. The first kappa shape index (κ1) is 17.3. The van der Waals surface area contributed by atoms with Crippen molar-refractivity contribution in [1.29, 1.82) is 5.26 Å². The third kappa shape index (κ3) is 4.31. The molecule has 0 bridgehead atoms. The summed E-state index contributed by atoms with van der Waals surface area (Å²) in [5, 5.41) is 12.1. The Balaban J connectivity index is 1.61. The van der Waals surface area contributed by atoms with Crippen molar-refractivity contribution in [2.45, 2.75) is 18.8 Å². The van der Waals surface area contributed by atoms with Gasteiger partial charge in [0.25, 0.3) is 0 Å². The Hall–Kier alpha value is -2.52. The van der Waals surface area contributed by atoms with Gasteiger partial charge in [-0.3, -0.25) is 0 Å². The summed E-state index contributed by atoms with van der Waals surface area (Å²) in [6.07, 6.45) is 3.23. The largest absolute Gasteiger partial charge is 0.478 e. The van der Waals surface area contributed by atoms with Crippen molar-refractivity contribution in [3.8, 4) is 11.9 Å². The standard InChI is InChI=1S/C19H19F2N3O/c20-17-3-2-15(9-18(17)21)16-12-23-7-5-14(16)6-8-25-19-4-1-13(10-22)11-24-19/h1-4,9,11,14,16,23H,5-8,12H2/t14-,16-/m0/s1. The average Bonchev–Trinajstić information content (AvgIpc) is 2.65. The van der Waals surface area contributed by atoms with Crippen LogP contribution in [0.25, 0.3) is 0 Å². The second-order valence-corrected chi connectivity index (χ2v) is 6.17.